The highest BCUT2D eigenvalue weighted by molar-refractivity contribution is 6.33. The zero-order valence-electron chi connectivity index (χ0n) is 10.9. The molecule has 0 saturated heterocycles. The number of pyridine rings is 1. The van der Waals surface area contributed by atoms with Crippen molar-refractivity contribution in [2.24, 2.45) is 0 Å². The van der Waals surface area contributed by atoms with Gasteiger partial charge in [0.25, 0.3) is 0 Å². The Morgan fingerprint density at radius 1 is 1.05 bits per heavy atom. The average Bonchev–Trinajstić information content (AvgIpc) is 2.47. The van der Waals surface area contributed by atoms with E-state index in [2.05, 4.69) is 4.98 Å². The van der Waals surface area contributed by atoms with Crippen molar-refractivity contribution in [3.8, 4) is 11.1 Å². The van der Waals surface area contributed by atoms with Crippen LogP contribution in [0.1, 0.15) is 17.3 Å². The number of benzene rings is 2. The number of nitrogens with zero attached hydrogens (tertiary/aromatic N) is 1. The van der Waals surface area contributed by atoms with E-state index in [0.717, 1.165) is 22.0 Å². The van der Waals surface area contributed by atoms with Crippen molar-refractivity contribution in [1.29, 1.82) is 0 Å². The maximum atomic E-state index is 11.5. The van der Waals surface area contributed by atoms with Gasteiger partial charge < -0.3 is 0 Å². The number of Topliss-reactive ketones (excluding diaryl/α,β-unsaturated/α-hetero) is 1. The third kappa shape index (κ3) is 2.19. The first-order valence-corrected chi connectivity index (χ1v) is 6.69. The number of hydrogen-bond acceptors (Lipinski definition) is 2. The van der Waals surface area contributed by atoms with Crippen LogP contribution in [0.15, 0.2) is 54.7 Å². The fourth-order valence-electron chi connectivity index (χ4n) is 2.27. The maximum Gasteiger partial charge on any atom is 0.159 e. The summed E-state index contributed by atoms with van der Waals surface area (Å²) in [5, 5.41) is 1.67. The SMILES string of the molecule is CC(=O)c1ccc(Cl)c(-c2cccc3cccnc23)c1. The molecule has 0 spiro atoms. The average molecular weight is 282 g/mol. The molecule has 0 radical (unpaired) electrons. The van der Waals surface area contributed by atoms with Gasteiger partial charge in [-0.1, -0.05) is 35.9 Å². The lowest BCUT2D eigenvalue weighted by atomic mass is 9.99. The second-order valence-corrected chi connectivity index (χ2v) is 5.04. The molecule has 1 aromatic heterocycles. The molecule has 0 aliphatic carbocycles. The second-order valence-electron chi connectivity index (χ2n) is 4.63. The lowest BCUT2D eigenvalue weighted by Gasteiger charge is -2.09. The molecule has 2 aromatic carbocycles. The van der Waals surface area contributed by atoms with Gasteiger partial charge in [-0.15, -0.1) is 0 Å². The molecular weight excluding hydrogens is 270 g/mol. The number of aromatic nitrogens is 1. The number of halogens is 1. The summed E-state index contributed by atoms with van der Waals surface area (Å²) in [6, 6.07) is 15.2. The minimum Gasteiger partial charge on any atom is -0.295 e. The van der Waals surface area contributed by atoms with Crippen LogP contribution in [0.5, 0.6) is 0 Å². The molecule has 0 aliphatic rings. The quantitative estimate of drug-likeness (QED) is 0.634. The summed E-state index contributed by atoms with van der Waals surface area (Å²) in [7, 11) is 0. The van der Waals surface area contributed by atoms with Crippen LogP contribution in [0.2, 0.25) is 5.02 Å². The van der Waals surface area contributed by atoms with E-state index < -0.39 is 0 Å². The van der Waals surface area contributed by atoms with E-state index in [1.165, 1.54) is 0 Å². The molecule has 0 amide bonds. The molecule has 2 nitrogen and oxygen atoms in total. The minimum absolute atomic E-state index is 0.0242. The minimum atomic E-state index is 0.0242. The van der Waals surface area contributed by atoms with Crippen molar-refractivity contribution in [1.82, 2.24) is 4.98 Å². The molecule has 0 N–H and O–H groups in total. The first kappa shape index (κ1) is 12.8. The van der Waals surface area contributed by atoms with Crippen LogP contribution in [-0.2, 0) is 0 Å². The van der Waals surface area contributed by atoms with Crippen LogP contribution in [0.3, 0.4) is 0 Å². The van der Waals surface area contributed by atoms with Gasteiger partial charge in [0.1, 0.15) is 0 Å². The Balaban J connectivity index is 2.30. The molecule has 98 valence electrons. The van der Waals surface area contributed by atoms with E-state index in [0.29, 0.717) is 10.6 Å². The molecular formula is C17H12ClNO. The van der Waals surface area contributed by atoms with Crippen molar-refractivity contribution in [2.45, 2.75) is 6.92 Å². The third-order valence-corrected chi connectivity index (χ3v) is 3.63. The normalized spacial score (nSPS) is 10.7. The van der Waals surface area contributed by atoms with Gasteiger partial charge >= 0.3 is 0 Å². The van der Waals surface area contributed by atoms with Gasteiger partial charge in [0.05, 0.1) is 5.52 Å². The van der Waals surface area contributed by atoms with Gasteiger partial charge in [-0.25, -0.2) is 0 Å². The number of para-hydroxylation sites is 1. The zero-order chi connectivity index (χ0) is 14.1. The first-order valence-electron chi connectivity index (χ1n) is 6.31. The molecule has 3 heteroatoms. The highest BCUT2D eigenvalue weighted by Gasteiger charge is 2.10. The van der Waals surface area contributed by atoms with Gasteiger partial charge in [0.15, 0.2) is 5.78 Å². The van der Waals surface area contributed by atoms with Gasteiger partial charge in [-0.3, -0.25) is 9.78 Å². The zero-order valence-corrected chi connectivity index (χ0v) is 11.7. The second kappa shape index (κ2) is 5.06. The van der Waals surface area contributed by atoms with Crippen molar-refractivity contribution >= 4 is 28.3 Å². The number of rotatable bonds is 2. The molecule has 0 atom stereocenters. The smallest absolute Gasteiger partial charge is 0.159 e. The molecule has 0 unspecified atom stereocenters. The molecule has 0 bridgehead atoms. The Morgan fingerprint density at radius 3 is 2.65 bits per heavy atom. The first-order chi connectivity index (χ1) is 9.66. The van der Waals surface area contributed by atoms with Crippen LogP contribution >= 0.6 is 11.6 Å². The van der Waals surface area contributed by atoms with Gasteiger partial charge in [-0.05, 0) is 31.2 Å². The van der Waals surface area contributed by atoms with E-state index in [1.807, 2.05) is 36.4 Å². The summed E-state index contributed by atoms with van der Waals surface area (Å²) in [6.45, 7) is 1.55. The molecule has 20 heavy (non-hydrogen) atoms. The highest BCUT2D eigenvalue weighted by atomic mass is 35.5. The molecule has 3 rings (SSSR count). The summed E-state index contributed by atoms with van der Waals surface area (Å²) >= 11 is 6.30. The Labute approximate surface area is 122 Å². The van der Waals surface area contributed by atoms with Gasteiger partial charge in [0, 0.05) is 33.3 Å². The Hall–Kier alpha value is -2.19. The van der Waals surface area contributed by atoms with Gasteiger partial charge in [-0.2, -0.15) is 0 Å². The fraction of sp³-hybridized carbons (Fsp3) is 0.0588. The molecule has 0 saturated carbocycles. The van der Waals surface area contributed by atoms with E-state index in [9.17, 15) is 4.79 Å². The van der Waals surface area contributed by atoms with E-state index in [-0.39, 0.29) is 5.78 Å². The van der Waals surface area contributed by atoms with Crippen molar-refractivity contribution < 1.29 is 4.79 Å². The van der Waals surface area contributed by atoms with Crippen molar-refractivity contribution in [2.75, 3.05) is 0 Å². The molecule has 0 aliphatic heterocycles. The number of carbonyl (C=O) groups is 1. The predicted molar refractivity (Wildman–Crippen MR) is 82.2 cm³/mol. The van der Waals surface area contributed by atoms with Crippen LogP contribution in [0, 0.1) is 0 Å². The van der Waals surface area contributed by atoms with E-state index in [4.69, 9.17) is 11.6 Å². The van der Waals surface area contributed by atoms with Crippen LogP contribution in [0.25, 0.3) is 22.0 Å². The Bertz CT molecular complexity index is 806. The van der Waals surface area contributed by atoms with Crippen molar-refractivity contribution in [3.05, 3.63) is 65.3 Å². The lowest BCUT2D eigenvalue weighted by molar-refractivity contribution is 0.101. The topological polar surface area (TPSA) is 30.0 Å². The Morgan fingerprint density at radius 2 is 1.85 bits per heavy atom. The summed E-state index contributed by atoms with van der Waals surface area (Å²) in [5.74, 6) is 0.0242. The van der Waals surface area contributed by atoms with Gasteiger partial charge in [0.2, 0.25) is 0 Å². The molecule has 3 aromatic rings. The fourth-order valence-corrected chi connectivity index (χ4v) is 2.49. The number of fused-ring (bicyclic) bond motifs is 1. The lowest BCUT2D eigenvalue weighted by Crippen LogP contribution is -1.93. The molecule has 1 heterocycles. The van der Waals surface area contributed by atoms with Crippen LogP contribution in [0.4, 0.5) is 0 Å². The Kier molecular flexibility index (Phi) is 3.25. The monoisotopic (exact) mass is 281 g/mol. The number of carbonyl (C=O) groups excluding carboxylic acids is 1. The summed E-state index contributed by atoms with van der Waals surface area (Å²) in [4.78, 5) is 16.0. The maximum absolute atomic E-state index is 11.5. The highest BCUT2D eigenvalue weighted by Crippen LogP contribution is 2.33. The predicted octanol–water partition coefficient (Wildman–Crippen LogP) is 4.76. The molecule has 0 fully saturated rings. The third-order valence-electron chi connectivity index (χ3n) is 3.30. The van der Waals surface area contributed by atoms with Crippen molar-refractivity contribution in [3.63, 3.8) is 0 Å². The van der Waals surface area contributed by atoms with E-state index in [1.54, 1.807) is 25.3 Å². The van der Waals surface area contributed by atoms with Crippen LogP contribution < -0.4 is 0 Å². The van der Waals surface area contributed by atoms with E-state index >= 15 is 0 Å². The number of ketones is 1. The summed E-state index contributed by atoms with van der Waals surface area (Å²) in [5.41, 5.74) is 3.31. The standard InChI is InChI=1S/C17H12ClNO/c1-11(20)13-7-8-16(18)15(10-13)14-6-2-4-12-5-3-9-19-17(12)14/h2-10H,1H3. The number of hydrogen-bond donors (Lipinski definition) is 0. The van der Waals surface area contributed by atoms with Crippen LogP contribution in [-0.4, -0.2) is 10.8 Å². The largest absolute Gasteiger partial charge is 0.295 e. The summed E-state index contributed by atoms with van der Waals surface area (Å²) in [6.07, 6.45) is 1.76. The summed E-state index contributed by atoms with van der Waals surface area (Å²) < 4.78 is 0.